The summed E-state index contributed by atoms with van der Waals surface area (Å²) in [6.45, 7) is 0.0443. The van der Waals surface area contributed by atoms with Crippen molar-refractivity contribution >= 4 is 17.6 Å². The molecule has 1 heterocycles. The Balaban J connectivity index is 2.09. The molecule has 0 saturated carbocycles. The number of aromatic nitrogens is 1. The highest BCUT2D eigenvalue weighted by atomic mass is 35.5. The van der Waals surface area contributed by atoms with Crippen molar-refractivity contribution < 1.29 is 14.6 Å². The van der Waals surface area contributed by atoms with E-state index in [4.69, 9.17) is 16.3 Å². The highest BCUT2D eigenvalue weighted by Crippen LogP contribution is 2.20. The quantitative estimate of drug-likeness (QED) is 0.913. The normalized spacial score (nSPS) is 11.8. The molecule has 0 aliphatic heterocycles. The van der Waals surface area contributed by atoms with Gasteiger partial charge in [-0.05, 0) is 29.8 Å². The molecule has 1 unspecified atom stereocenters. The van der Waals surface area contributed by atoms with Crippen LogP contribution in [0.4, 0.5) is 0 Å². The lowest BCUT2D eigenvalue weighted by atomic mass is 10.0. The van der Waals surface area contributed by atoms with Gasteiger partial charge in [0.1, 0.15) is 18.3 Å². The lowest BCUT2D eigenvalue weighted by Gasteiger charge is -2.14. The van der Waals surface area contributed by atoms with Crippen LogP contribution in [0.15, 0.2) is 48.8 Å². The summed E-state index contributed by atoms with van der Waals surface area (Å²) in [4.78, 5) is 15.2. The highest BCUT2D eigenvalue weighted by molar-refractivity contribution is 6.30. The van der Waals surface area contributed by atoms with Crippen LogP contribution in [0.3, 0.4) is 0 Å². The average Bonchev–Trinajstić information content (AvgIpc) is 2.42. The maximum absolute atomic E-state index is 11.3. The van der Waals surface area contributed by atoms with Crippen molar-refractivity contribution in [2.75, 3.05) is 6.61 Å². The summed E-state index contributed by atoms with van der Waals surface area (Å²) in [7, 11) is 0. The Bertz CT molecular complexity index is 542. The molecule has 1 atom stereocenters. The van der Waals surface area contributed by atoms with Gasteiger partial charge in [-0.15, -0.1) is 0 Å². The molecule has 1 N–H and O–H groups in total. The van der Waals surface area contributed by atoms with Gasteiger partial charge in [-0.3, -0.25) is 9.78 Å². The van der Waals surface area contributed by atoms with Crippen molar-refractivity contribution in [3.05, 3.63) is 59.4 Å². The summed E-state index contributed by atoms with van der Waals surface area (Å²) in [6.07, 6.45) is 3.17. The van der Waals surface area contributed by atoms with E-state index in [1.807, 2.05) is 0 Å². The lowest BCUT2D eigenvalue weighted by Crippen LogP contribution is -2.19. The zero-order valence-corrected chi connectivity index (χ0v) is 10.7. The number of nitrogens with zero attached hydrogens (tertiary/aromatic N) is 1. The Hall–Kier alpha value is -2.07. The number of ether oxygens (including phenoxy) is 1. The molecule has 0 bridgehead atoms. The van der Waals surface area contributed by atoms with Gasteiger partial charge in [0.25, 0.3) is 0 Å². The third kappa shape index (κ3) is 3.69. The fourth-order valence-corrected chi connectivity index (χ4v) is 1.74. The van der Waals surface area contributed by atoms with Crippen molar-refractivity contribution in [1.29, 1.82) is 0 Å². The molecule has 0 aliphatic rings. The molecular formula is C14H12ClNO3. The number of rotatable bonds is 5. The summed E-state index contributed by atoms with van der Waals surface area (Å²) in [5, 5.41) is 9.82. The number of carboxylic acid groups (broad SMARTS) is 1. The van der Waals surface area contributed by atoms with Crippen molar-refractivity contribution in [3.63, 3.8) is 0 Å². The predicted octanol–water partition coefficient (Wildman–Crippen LogP) is 2.98. The second kappa shape index (κ2) is 6.20. The number of hydrogen-bond donors (Lipinski definition) is 1. The Morgan fingerprint density at radius 2 is 2.05 bits per heavy atom. The molecule has 0 fully saturated rings. The largest absolute Gasteiger partial charge is 0.491 e. The van der Waals surface area contributed by atoms with E-state index in [0.29, 0.717) is 16.3 Å². The standard InChI is InChI=1S/C14H12ClNO3/c15-11-5-3-10(4-6-11)13(14(17)18)9-19-12-2-1-7-16-8-12/h1-8,13H,9H2,(H,17,18). The van der Waals surface area contributed by atoms with Gasteiger partial charge in [0.2, 0.25) is 0 Å². The first-order valence-corrected chi connectivity index (χ1v) is 6.05. The van der Waals surface area contributed by atoms with Gasteiger partial charge in [-0.2, -0.15) is 0 Å². The van der Waals surface area contributed by atoms with Crippen LogP contribution in [0.5, 0.6) is 5.75 Å². The number of halogens is 1. The minimum atomic E-state index is -0.939. The molecule has 19 heavy (non-hydrogen) atoms. The van der Waals surface area contributed by atoms with Crippen molar-refractivity contribution in [1.82, 2.24) is 4.98 Å². The molecule has 1 aromatic heterocycles. The first kappa shape index (κ1) is 13.4. The van der Waals surface area contributed by atoms with Crippen LogP contribution in [0, 0.1) is 0 Å². The summed E-state index contributed by atoms with van der Waals surface area (Å²) < 4.78 is 5.44. The van der Waals surface area contributed by atoms with E-state index in [0.717, 1.165) is 0 Å². The van der Waals surface area contributed by atoms with Crippen LogP contribution in [-0.4, -0.2) is 22.7 Å². The molecule has 0 amide bonds. The zero-order chi connectivity index (χ0) is 13.7. The molecule has 0 aliphatic carbocycles. The molecule has 2 aromatic rings. The van der Waals surface area contributed by atoms with Gasteiger partial charge in [0, 0.05) is 11.2 Å². The van der Waals surface area contributed by atoms with E-state index in [1.54, 1.807) is 48.8 Å². The Morgan fingerprint density at radius 1 is 1.32 bits per heavy atom. The molecule has 1 aromatic carbocycles. The number of hydrogen-bond acceptors (Lipinski definition) is 3. The van der Waals surface area contributed by atoms with E-state index < -0.39 is 11.9 Å². The van der Waals surface area contributed by atoms with Crippen LogP contribution >= 0.6 is 11.6 Å². The van der Waals surface area contributed by atoms with Crippen molar-refractivity contribution in [3.8, 4) is 5.75 Å². The third-order valence-corrected chi connectivity index (χ3v) is 2.87. The molecule has 0 saturated heterocycles. The van der Waals surface area contributed by atoms with E-state index in [1.165, 1.54) is 0 Å². The van der Waals surface area contributed by atoms with Gasteiger partial charge in [0.15, 0.2) is 0 Å². The smallest absolute Gasteiger partial charge is 0.314 e. The van der Waals surface area contributed by atoms with E-state index in [9.17, 15) is 9.90 Å². The number of carboxylic acids is 1. The zero-order valence-electron chi connectivity index (χ0n) is 9.99. The van der Waals surface area contributed by atoms with E-state index in [-0.39, 0.29) is 6.61 Å². The number of aliphatic carboxylic acids is 1. The van der Waals surface area contributed by atoms with E-state index in [2.05, 4.69) is 4.98 Å². The fraction of sp³-hybridized carbons (Fsp3) is 0.143. The topological polar surface area (TPSA) is 59.4 Å². The first-order valence-electron chi connectivity index (χ1n) is 5.68. The lowest BCUT2D eigenvalue weighted by molar-refractivity contribution is -0.139. The molecule has 2 rings (SSSR count). The summed E-state index contributed by atoms with van der Waals surface area (Å²) >= 11 is 5.78. The molecule has 5 heteroatoms. The maximum Gasteiger partial charge on any atom is 0.314 e. The Morgan fingerprint density at radius 3 is 2.63 bits per heavy atom. The van der Waals surface area contributed by atoms with Crippen LogP contribution in [0.25, 0.3) is 0 Å². The minimum absolute atomic E-state index is 0.0443. The van der Waals surface area contributed by atoms with Gasteiger partial charge < -0.3 is 9.84 Å². The first-order chi connectivity index (χ1) is 9.16. The van der Waals surface area contributed by atoms with Gasteiger partial charge in [-0.1, -0.05) is 23.7 Å². The van der Waals surface area contributed by atoms with E-state index >= 15 is 0 Å². The number of carbonyl (C=O) groups is 1. The molecule has 4 nitrogen and oxygen atoms in total. The highest BCUT2D eigenvalue weighted by Gasteiger charge is 2.20. The second-order valence-electron chi connectivity index (χ2n) is 3.94. The summed E-state index contributed by atoms with van der Waals surface area (Å²) in [6, 6.07) is 10.2. The molecular weight excluding hydrogens is 266 g/mol. The molecule has 0 spiro atoms. The number of pyridine rings is 1. The monoisotopic (exact) mass is 277 g/mol. The molecule has 98 valence electrons. The van der Waals surface area contributed by atoms with Crippen LogP contribution < -0.4 is 4.74 Å². The predicted molar refractivity (Wildman–Crippen MR) is 71.6 cm³/mol. The molecule has 0 radical (unpaired) electrons. The average molecular weight is 278 g/mol. The van der Waals surface area contributed by atoms with Crippen LogP contribution in [0.1, 0.15) is 11.5 Å². The SMILES string of the molecule is O=C(O)C(COc1cccnc1)c1ccc(Cl)cc1. The maximum atomic E-state index is 11.3. The summed E-state index contributed by atoms with van der Waals surface area (Å²) in [5.41, 5.74) is 0.654. The van der Waals surface area contributed by atoms with Crippen molar-refractivity contribution in [2.24, 2.45) is 0 Å². The van der Waals surface area contributed by atoms with Gasteiger partial charge >= 0.3 is 5.97 Å². The van der Waals surface area contributed by atoms with Crippen LogP contribution in [0.2, 0.25) is 5.02 Å². The minimum Gasteiger partial charge on any atom is -0.491 e. The number of benzene rings is 1. The van der Waals surface area contributed by atoms with Gasteiger partial charge in [-0.25, -0.2) is 0 Å². The summed E-state index contributed by atoms with van der Waals surface area (Å²) in [5.74, 6) is -1.13. The van der Waals surface area contributed by atoms with Crippen LogP contribution in [-0.2, 0) is 4.79 Å². The Kier molecular flexibility index (Phi) is 4.36. The third-order valence-electron chi connectivity index (χ3n) is 2.62. The van der Waals surface area contributed by atoms with Crippen molar-refractivity contribution in [2.45, 2.75) is 5.92 Å². The fourth-order valence-electron chi connectivity index (χ4n) is 1.62. The van der Waals surface area contributed by atoms with Gasteiger partial charge in [0.05, 0.1) is 6.20 Å². The Labute approximate surface area is 115 Å². The second-order valence-corrected chi connectivity index (χ2v) is 4.38.